The van der Waals surface area contributed by atoms with E-state index in [1.165, 1.54) is 60.8 Å². The van der Waals surface area contributed by atoms with E-state index in [0.29, 0.717) is 5.92 Å². The van der Waals surface area contributed by atoms with Crippen molar-refractivity contribution >= 4 is 49.8 Å². The molecule has 0 atom stereocenters. The molecule has 2 nitrogen and oxygen atoms in total. The number of para-hydroxylation sites is 1. The molecule has 0 N–H and O–H groups in total. The minimum atomic E-state index is -0.556. The summed E-state index contributed by atoms with van der Waals surface area (Å²) in [4.78, 5) is 2.49. The SMILES string of the molecule is CC(C)c1cccc2c1-c1ccc(N(c3ccc4ccccc4c3-c3ccccc3)c3cccc4oc5ccccc5c34)cc1C2(c1ccccc1)c1ccccc1. The first kappa shape index (κ1) is 34.1. The number of fused-ring (bicyclic) bond motifs is 7. The Bertz CT molecular complexity index is 3100. The Balaban J connectivity index is 1.29. The lowest BCUT2D eigenvalue weighted by molar-refractivity contribution is 0.669. The largest absolute Gasteiger partial charge is 0.456 e. The van der Waals surface area contributed by atoms with Crippen LogP contribution in [0.2, 0.25) is 0 Å². The van der Waals surface area contributed by atoms with Crippen molar-refractivity contribution < 1.29 is 4.42 Å². The van der Waals surface area contributed by atoms with Crippen LogP contribution in [0.4, 0.5) is 17.1 Å². The topological polar surface area (TPSA) is 16.4 Å². The predicted octanol–water partition coefficient (Wildman–Crippen LogP) is 15.4. The quantitative estimate of drug-likeness (QED) is 0.162. The van der Waals surface area contributed by atoms with Gasteiger partial charge in [-0.15, -0.1) is 0 Å². The first-order valence-corrected chi connectivity index (χ1v) is 20.3. The molecule has 1 heterocycles. The number of benzene rings is 9. The van der Waals surface area contributed by atoms with Crippen molar-refractivity contribution in [3.8, 4) is 22.3 Å². The summed E-state index contributed by atoms with van der Waals surface area (Å²) >= 11 is 0. The van der Waals surface area contributed by atoms with Gasteiger partial charge in [-0.2, -0.15) is 0 Å². The van der Waals surface area contributed by atoms with Gasteiger partial charge in [0.05, 0.1) is 22.2 Å². The molecule has 0 spiro atoms. The van der Waals surface area contributed by atoms with Gasteiger partial charge in [0.15, 0.2) is 0 Å². The summed E-state index contributed by atoms with van der Waals surface area (Å²) in [6.45, 7) is 4.63. The van der Waals surface area contributed by atoms with E-state index in [4.69, 9.17) is 4.42 Å². The Morgan fingerprint density at radius 1 is 0.466 bits per heavy atom. The van der Waals surface area contributed by atoms with E-state index in [-0.39, 0.29) is 0 Å². The van der Waals surface area contributed by atoms with E-state index in [1.54, 1.807) is 0 Å². The van der Waals surface area contributed by atoms with Gasteiger partial charge in [-0.25, -0.2) is 0 Å². The molecule has 10 aromatic rings. The Hall–Kier alpha value is -7.16. The molecule has 0 unspecified atom stereocenters. The van der Waals surface area contributed by atoms with Crippen LogP contribution in [0.3, 0.4) is 0 Å². The standard InChI is InChI=1S/C56H41NO/c1-37(2)43-27-16-28-47-54(43)45-34-33-42(36-48(45)56(47,40-21-8-4-9-22-40)41-23-10-5-11-24-41)57(49-29-17-31-52-55(49)46-26-14-15-30-51(46)58-52)50-35-32-38-18-12-13-25-44(38)53(50)39-19-6-3-7-20-39/h3-37H,1-2H3. The first-order valence-electron chi connectivity index (χ1n) is 20.3. The zero-order valence-corrected chi connectivity index (χ0v) is 32.6. The molecular formula is C56H41NO. The van der Waals surface area contributed by atoms with E-state index in [0.717, 1.165) is 39.0 Å². The molecule has 1 aliphatic rings. The van der Waals surface area contributed by atoms with Crippen LogP contribution in [-0.2, 0) is 5.41 Å². The fraction of sp³-hybridized carbons (Fsp3) is 0.0714. The molecule has 2 heteroatoms. The van der Waals surface area contributed by atoms with Crippen LogP contribution in [0.25, 0.3) is 55.0 Å². The molecule has 0 saturated carbocycles. The first-order chi connectivity index (χ1) is 28.6. The maximum Gasteiger partial charge on any atom is 0.137 e. The molecule has 1 aliphatic carbocycles. The maximum absolute atomic E-state index is 6.57. The Kier molecular flexibility index (Phi) is 7.94. The molecule has 0 saturated heterocycles. The third-order valence-corrected chi connectivity index (χ3v) is 12.3. The van der Waals surface area contributed by atoms with Gasteiger partial charge in [0.2, 0.25) is 0 Å². The van der Waals surface area contributed by atoms with Crippen molar-refractivity contribution in [3.63, 3.8) is 0 Å². The Morgan fingerprint density at radius 3 is 1.84 bits per heavy atom. The highest BCUT2D eigenvalue weighted by molar-refractivity contribution is 6.15. The summed E-state index contributed by atoms with van der Waals surface area (Å²) < 4.78 is 6.57. The van der Waals surface area contributed by atoms with Gasteiger partial charge in [0.1, 0.15) is 11.2 Å². The van der Waals surface area contributed by atoms with E-state index in [1.807, 2.05) is 0 Å². The second-order valence-electron chi connectivity index (χ2n) is 15.8. The number of furan rings is 1. The van der Waals surface area contributed by atoms with Gasteiger partial charge >= 0.3 is 0 Å². The van der Waals surface area contributed by atoms with E-state index < -0.39 is 5.41 Å². The number of hydrogen-bond donors (Lipinski definition) is 0. The average Bonchev–Trinajstić information content (AvgIpc) is 3.81. The van der Waals surface area contributed by atoms with Crippen molar-refractivity contribution in [1.29, 1.82) is 0 Å². The number of rotatable bonds is 7. The second-order valence-corrected chi connectivity index (χ2v) is 15.8. The highest BCUT2D eigenvalue weighted by Crippen LogP contribution is 2.59. The number of nitrogens with zero attached hydrogens (tertiary/aromatic N) is 1. The molecule has 58 heavy (non-hydrogen) atoms. The van der Waals surface area contributed by atoms with Crippen molar-refractivity contribution in [2.75, 3.05) is 4.90 Å². The van der Waals surface area contributed by atoms with Crippen LogP contribution < -0.4 is 4.90 Å². The lowest BCUT2D eigenvalue weighted by atomic mass is 9.67. The molecule has 0 radical (unpaired) electrons. The van der Waals surface area contributed by atoms with E-state index >= 15 is 0 Å². The van der Waals surface area contributed by atoms with Gasteiger partial charge in [-0.3, -0.25) is 0 Å². The second kappa shape index (κ2) is 13.5. The van der Waals surface area contributed by atoms with Crippen LogP contribution in [0.5, 0.6) is 0 Å². The Morgan fingerprint density at radius 2 is 1.10 bits per heavy atom. The van der Waals surface area contributed by atoms with Crippen molar-refractivity contribution in [2.45, 2.75) is 25.2 Å². The molecule has 0 bridgehead atoms. The van der Waals surface area contributed by atoms with Crippen LogP contribution in [0.1, 0.15) is 47.6 Å². The summed E-state index contributed by atoms with van der Waals surface area (Å²) in [6, 6.07) is 75.5. The van der Waals surface area contributed by atoms with Crippen molar-refractivity contribution in [2.24, 2.45) is 0 Å². The van der Waals surface area contributed by atoms with Crippen LogP contribution >= 0.6 is 0 Å². The van der Waals surface area contributed by atoms with Crippen molar-refractivity contribution in [3.05, 3.63) is 234 Å². The summed E-state index contributed by atoms with van der Waals surface area (Å²) in [5.74, 6) is 0.347. The van der Waals surface area contributed by atoms with E-state index in [9.17, 15) is 0 Å². The van der Waals surface area contributed by atoms with Crippen LogP contribution in [-0.4, -0.2) is 0 Å². The third kappa shape index (κ3) is 5.05. The molecule has 11 rings (SSSR count). The van der Waals surface area contributed by atoms with Gasteiger partial charge in [0.25, 0.3) is 0 Å². The molecule has 0 amide bonds. The average molecular weight is 744 g/mol. The highest BCUT2D eigenvalue weighted by atomic mass is 16.3. The van der Waals surface area contributed by atoms with Gasteiger partial charge in [-0.1, -0.05) is 184 Å². The fourth-order valence-corrected chi connectivity index (χ4v) is 9.88. The third-order valence-electron chi connectivity index (χ3n) is 12.3. The van der Waals surface area contributed by atoms with Gasteiger partial charge in [-0.05, 0) is 97.6 Å². The van der Waals surface area contributed by atoms with Crippen LogP contribution in [0, 0.1) is 0 Å². The lowest BCUT2D eigenvalue weighted by Crippen LogP contribution is -2.28. The van der Waals surface area contributed by atoms with Gasteiger partial charge < -0.3 is 9.32 Å². The summed E-state index contributed by atoms with van der Waals surface area (Å²) in [5.41, 5.74) is 15.9. The maximum atomic E-state index is 6.57. The van der Waals surface area contributed by atoms with E-state index in [2.05, 4.69) is 225 Å². The summed E-state index contributed by atoms with van der Waals surface area (Å²) in [7, 11) is 0. The highest BCUT2D eigenvalue weighted by Gasteiger charge is 2.47. The fourth-order valence-electron chi connectivity index (χ4n) is 9.88. The van der Waals surface area contributed by atoms with Gasteiger partial charge in [0, 0.05) is 16.6 Å². The van der Waals surface area contributed by atoms with Crippen LogP contribution in [0.15, 0.2) is 211 Å². The summed E-state index contributed by atoms with van der Waals surface area (Å²) in [5, 5.41) is 4.60. The minimum Gasteiger partial charge on any atom is -0.456 e. The van der Waals surface area contributed by atoms with Crippen molar-refractivity contribution in [1.82, 2.24) is 0 Å². The normalized spacial score (nSPS) is 12.9. The monoisotopic (exact) mass is 743 g/mol. The minimum absolute atomic E-state index is 0.347. The molecular weight excluding hydrogens is 703 g/mol. The Labute approximate surface area is 339 Å². The number of anilines is 3. The zero-order valence-electron chi connectivity index (χ0n) is 32.6. The lowest BCUT2D eigenvalue weighted by Gasteiger charge is -2.35. The predicted molar refractivity (Wildman–Crippen MR) is 243 cm³/mol. The number of hydrogen-bond acceptors (Lipinski definition) is 2. The molecule has 0 fully saturated rings. The molecule has 276 valence electrons. The summed E-state index contributed by atoms with van der Waals surface area (Å²) in [6.07, 6.45) is 0. The molecule has 1 aromatic heterocycles. The molecule has 0 aliphatic heterocycles. The smallest absolute Gasteiger partial charge is 0.137 e. The zero-order chi connectivity index (χ0) is 38.8. The molecule has 9 aromatic carbocycles.